The number of nitrogens with zero attached hydrogens (tertiary/aromatic N) is 1. The lowest BCUT2D eigenvalue weighted by atomic mass is 10.2. The van der Waals surface area contributed by atoms with Gasteiger partial charge in [-0.1, -0.05) is 0 Å². The lowest BCUT2D eigenvalue weighted by Crippen LogP contribution is -2.43. The number of rotatable bonds is 1. The molecule has 0 saturated carbocycles. The number of hydrogen-bond donors (Lipinski definition) is 3. The molecule has 6 nitrogen and oxygen atoms in total. The van der Waals surface area contributed by atoms with Crippen LogP contribution in [0.25, 0.3) is 0 Å². The van der Waals surface area contributed by atoms with Gasteiger partial charge in [0.2, 0.25) is 11.8 Å². The zero-order chi connectivity index (χ0) is 11.0. The quantitative estimate of drug-likeness (QED) is 0.463. The summed E-state index contributed by atoms with van der Waals surface area (Å²) in [4.78, 5) is 24.1. The lowest BCUT2D eigenvalue weighted by Gasteiger charge is -2.19. The minimum absolute atomic E-state index is 0.117. The molecule has 0 aromatic heterocycles. The van der Waals surface area contributed by atoms with Crippen LogP contribution < -0.4 is 5.32 Å². The maximum Gasteiger partial charge on any atom is 0.245 e. The van der Waals surface area contributed by atoms with Crippen molar-refractivity contribution in [3.63, 3.8) is 0 Å². The van der Waals surface area contributed by atoms with Crippen molar-refractivity contribution < 1.29 is 19.8 Å². The van der Waals surface area contributed by atoms with Gasteiger partial charge in [0.1, 0.15) is 6.04 Å². The zero-order valence-electron chi connectivity index (χ0n) is 8.22. The third-order valence-electron chi connectivity index (χ3n) is 2.86. The average molecular weight is 214 g/mol. The molecular formula is C9H14N2O4. The van der Waals surface area contributed by atoms with Crippen LogP contribution in [0.5, 0.6) is 0 Å². The van der Waals surface area contributed by atoms with Gasteiger partial charge in [-0.2, -0.15) is 0 Å². The van der Waals surface area contributed by atoms with Gasteiger partial charge < -0.3 is 20.4 Å². The van der Waals surface area contributed by atoms with Gasteiger partial charge in [-0.15, -0.1) is 0 Å². The smallest absolute Gasteiger partial charge is 0.245 e. The SMILES string of the molecule is O=C1CCC(C(=O)N2CC(O)C(O)C2)N1. The summed E-state index contributed by atoms with van der Waals surface area (Å²) in [5, 5.41) is 21.1. The molecule has 3 N–H and O–H groups in total. The minimum Gasteiger partial charge on any atom is -0.388 e. The normalized spacial score (nSPS) is 35.7. The molecule has 3 atom stereocenters. The predicted octanol–water partition coefficient (Wildman–Crippen LogP) is -2.17. The summed E-state index contributed by atoms with van der Waals surface area (Å²) >= 11 is 0. The summed E-state index contributed by atoms with van der Waals surface area (Å²) in [5.41, 5.74) is 0. The Kier molecular flexibility index (Phi) is 2.62. The Hall–Kier alpha value is -1.14. The number of carbonyl (C=O) groups excluding carboxylic acids is 2. The number of nitrogens with one attached hydrogen (secondary N) is 1. The Balaban J connectivity index is 1.94. The van der Waals surface area contributed by atoms with Crippen LogP contribution in [0.2, 0.25) is 0 Å². The van der Waals surface area contributed by atoms with Crippen LogP contribution in [-0.2, 0) is 9.59 Å². The van der Waals surface area contributed by atoms with Crippen molar-refractivity contribution in [3.05, 3.63) is 0 Å². The van der Waals surface area contributed by atoms with E-state index < -0.39 is 18.2 Å². The molecule has 0 radical (unpaired) electrons. The van der Waals surface area contributed by atoms with Gasteiger partial charge in [-0.3, -0.25) is 9.59 Å². The first-order valence-corrected chi connectivity index (χ1v) is 5.02. The molecule has 2 heterocycles. The van der Waals surface area contributed by atoms with Crippen molar-refractivity contribution in [2.45, 2.75) is 31.1 Å². The monoisotopic (exact) mass is 214 g/mol. The summed E-state index contributed by atoms with van der Waals surface area (Å²) in [6, 6.07) is -0.477. The highest BCUT2D eigenvalue weighted by atomic mass is 16.3. The Morgan fingerprint density at radius 2 is 1.93 bits per heavy atom. The number of amides is 2. The Morgan fingerprint density at radius 1 is 1.33 bits per heavy atom. The third kappa shape index (κ3) is 1.95. The maximum atomic E-state index is 11.8. The fourth-order valence-corrected chi connectivity index (χ4v) is 1.97. The van der Waals surface area contributed by atoms with Crippen molar-refractivity contribution in [2.24, 2.45) is 0 Å². The molecule has 15 heavy (non-hydrogen) atoms. The molecule has 2 rings (SSSR count). The molecular weight excluding hydrogens is 200 g/mol. The highest BCUT2D eigenvalue weighted by Gasteiger charge is 2.37. The molecule has 0 aromatic rings. The minimum atomic E-state index is -0.869. The second-order valence-corrected chi connectivity index (χ2v) is 4.04. The fraction of sp³-hybridized carbons (Fsp3) is 0.778. The standard InChI is InChI=1S/C9H14N2O4/c12-6-3-11(4-7(6)13)9(15)5-1-2-8(14)10-5/h5-7,12-13H,1-4H2,(H,10,14). The Morgan fingerprint density at radius 3 is 2.40 bits per heavy atom. The van der Waals surface area contributed by atoms with E-state index in [1.54, 1.807) is 0 Å². The molecule has 2 aliphatic rings. The van der Waals surface area contributed by atoms with Crippen LogP contribution in [0, 0.1) is 0 Å². The van der Waals surface area contributed by atoms with E-state index in [2.05, 4.69) is 5.32 Å². The van der Waals surface area contributed by atoms with E-state index >= 15 is 0 Å². The first-order valence-electron chi connectivity index (χ1n) is 5.02. The van der Waals surface area contributed by atoms with E-state index in [4.69, 9.17) is 0 Å². The Labute approximate surface area is 86.9 Å². The van der Waals surface area contributed by atoms with Crippen LogP contribution in [0.1, 0.15) is 12.8 Å². The number of likely N-dealkylation sites (tertiary alicyclic amines) is 1. The van der Waals surface area contributed by atoms with Gasteiger partial charge in [0, 0.05) is 19.5 Å². The van der Waals surface area contributed by atoms with Crippen molar-refractivity contribution in [1.82, 2.24) is 10.2 Å². The molecule has 2 saturated heterocycles. The first kappa shape index (κ1) is 10.4. The van der Waals surface area contributed by atoms with Crippen molar-refractivity contribution in [3.8, 4) is 0 Å². The van der Waals surface area contributed by atoms with Gasteiger partial charge in [0.05, 0.1) is 12.2 Å². The van der Waals surface area contributed by atoms with E-state index in [1.807, 2.05) is 0 Å². The van der Waals surface area contributed by atoms with Crippen LogP contribution in [0.4, 0.5) is 0 Å². The second kappa shape index (κ2) is 3.79. The van der Waals surface area contributed by atoms with Gasteiger partial charge in [0.15, 0.2) is 0 Å². The number of β-amino-alcohol motifs (C(OH)–C–C–N with tert-alkyl or cyclic N) is 2. The maximum absolute atomic E-state index is 11.8. The molecule has 2 fully saturated rings. The molecule has 0 bridgehead atoms. The van der Waals surface area contributed by atoms with Crippen LogP contribution >= 0.6 is 0 Å². The van der Waals surface area contributed by atoms with E-state index in [0.717, 1.165) is 0 Å². The number of hydrogen-bond acceptors (Lipinski definition) is 4. The van der Waals surface area contributed by atoms with E-state index in [9.17, 15) is 19.8 Å². The highest BCUT2D eigenvalue weighted by Crippen LogP contribution is 2.15. The summed E-state index contributed by atoms with van der Waals surface area (Å²) < 4.78 is 0. The summed E-state index contributed by atoms with van der Waals surface area (Å²) in [6.07, 6.45) is -0.868. The molecule has 0 spiro atoms. The number of aliphatic hydroxyl groups is 2. The van der Waals surface area contributed by atoms with Crippen LogP contribution in [0.15, 0.2) is 0 Å². The van der Waals surface area contributed by atoms with E-state index in [-0.39, 0.29) is 24.9 Å². The highest BCUT2D eigenvalue weighted by molar-refractivity contribution is 5.91. The molecule has 2 amide bonds. The summed E-state index contributed by atoms with van der Waals surface area (Å²) in [5.74, 6) is -0.329. The molecule has 3 unspecified atom stereocenters. The summed E-state index contributed by atoms with van der Waals surface area (Å²) in [7, 11) is 0. The molecule has 0 aromatic carbocycles. The lowest BCUT2D eigenvalue weighted by molar-refractivity contribution is -0.133. The third-order valence-corrected chi connectivity index (χ3v) is 2.86. The van der Waals surface area contributed by atoms with Gasteiger partial charge in [-0.05, 0) is 6.42 Å². The van der Waals surface area contributed by atoms with Gasteiger partial charge in [0.25, 0.3) is 0 Å². The summed E-state index contributed by atoms with van der Waals surface area (Å²) in [6.45, 7) is 0.290. The Bertz CT molecular complexity index is 284. The second-order valence-electron chi connectivity index (χ2n) is 4.04. The van der Waals surface area contributed by atoms with E-state index in [0.29, 0.717) is 12.8 Å². The van der Waals surface area contributed by atoms with Crippen molar-refractivity contribution in [1.29, 1.82) is 0 Å². The average Bonchev–Trinajstić information content (AvgIpc) is 2.74. The predicted molar refractivity (Wildman–Crippen MR) is 49.8 cm³/mol. The molecule has 84 valence electrons. The molecule has 2 aliphatic heterocycles. The largest absolute Gasteiger partial charge is 0.388 e. The first-order chi connectivity index (χ1) is 7.08. The fourth-order valence-electron chi connectivity index (χ4n) is 1.97. The van der Waals surface area contributed by atoms with Gasteiger partial charge >= 0.3 is 0 Å². The molecule has 0 aliphatic carbocycles. The molecule has 6 heteroatoms. The van der Waals surface area contributed by atoms with Crippen LogP contribution in [-0.4, -0.2) is 58.3 Å². The van der Waals surface area contributed by atoms with E-state index in [1.165, 1.54) is 4.90 Å². The van der Waals surface area contributed by atoms with Crippen LogP contribution in [0.3, 0.4) is 0 Å². The topological polar surface area (TPSA) is 89.9 Å². The van der Waals surface area contributed by atoms with Crippen molar-refractivity contribution in [2.75, 3.05) is 13.1 Å². The number of carbonyl (C=O) groups is 2. The van der Waals surface area contributed by atoms with Crippen molar-refractivity contribution >= 4 is 11.8 Å². The van der Waals surface area contributed by atoms with Gasteiger partial charge in [-0.25, -0.2) is 0 Å². The number of aliphatic hydroxyl groups excluding tert-OH is 2. The zero-order valence-corrected chi connectivity index (χ0v) is 8.22.